The van der Waals surface area contributed by atoms with Crippen LogP contribution in [0.2, 0.25) is 0 Å². The Labute approximate surface area is 199 Å². The van der Waals surface area contributed by atoms with Gasteiger partial charge in [0.2, 0.25) is 11.8 Å². The molecule has 3 atom stereocenters. The average molecular weight is 472 g/mol. The van der Waals surface area contributed by atoms with Gasteiger partial charge in [0, 0.05) is 12.6 Å². The highest BCUT2D eigenvalue weighted by atomic mass is 32.2. The number of hydrogen-bond acceptors (Lipinski definition) is 6. The number of esters is 1. The molecule has 0 heterocycles. The number of thioether (sulfide) groups is 1. The number of amides is 2. The van der Waals surface area contributed by atoms with Crippen LogP contribution < -0.4 is 10.6 Å². The molecule has 186 valence electrons. The fraction of sp³-hybridized carbons (Fsp3) is 0.792. The van der Waals surface area contributed by atoms with Crippen LogP contribution in [0.15, 0.2) is 11.6 Å². The molecular weight excluding hydrogens is 426 g/mol. The first kappa shape index (κ1) is 30.5. The van der Waals surface area contributed by atoms with E-state index in [4.69, 9.17) is 4.74 Å². The first-order valence-corrected chi connectivity index (χ1v) is 12.7. The van der Waals surface area contributed by atoms with Gasteiger partial charge in [-0.3, -0.25) is 9.59 Å². The largest absolute Gasteiger partial charge is 0.463 e. The SMILES string of the molecule is CCOC(=O)/C(C)=C/[C@H](C(C)C)N(C)C(=O)[C@@H](NC(=O)C(C)(CCSC)NC)C(C)(C)C. The summed E-state index contributed by atoms with van der Waals surface area (Å²) >= 11 is 1.68. The Bertz CT molecular complexity index is 673. The molecule has 2 amide bonds. The number of likely N-dealkylation sites (N-methyl/N-ethyl adjacent to an activating group) is 2. The van der Waals surface area contributed by atoms with E-state index in [-0.39, 0.29) is 23.8 Å². The summed E-state index contributed by atoms with van der Waals surface area (Å²) in [7, 11) is 3.48. The highest BCUT2D eigenvalue weighted by molar-refractivity contribution is 7.98. The summed E-state index contributed by atoms with van der Waals surface area (Å²) in [5.74, 6) is 0.106. The Balaban J connectivity index is 5.90. The fourth-order valence-corrected chi connectivity index (χ4v) is 3.88. The second-order valence-electron chi connectivity index (χ2n) is 9.85. The molecule has 0 aliphatic rings. The van der Waals surface area contributed by atoms with Crippen LogP contribution in [0.25, 0.3) is 0 Å². The van der Waals surface area contributed by atoms with Crippen molar-refractivity contribution in [1.82, 2.24) is 15.5 Å². The van der Waals surface area contributed by atoms with Gasteiger partial charge in [0.05, 0.1) is 18.2 Å². The van der Waals surface area contributed by atoms with Crippen molar-refractivity contribution in [2.24, 2.45) is 11.3 Å². The first-order valence-electron chi connectivity index (χ1n) is 11.3. The zero-order valence-electron chi connectivity index (χ0n) is 21.9. The summed E-state index contributed by atoms with van der Waals surface area (Å²) in [5.41, 5.74) is -0.818. The van der Waals surface area contributed by atoms with Gasteiger partial charge in [0.1, 0.15) is 6.04 Å². The van der Waals surface area contributed by atoms with Crippen LogP contribution in [0.4, 0.5) is 0 Å². The maximum absolute atomic E-state index is 13.6. The van der Waals surface area contributed by atoms with Crippen LogP contribution in [0, 0.1) is 11.3 Å². The van der Waals surface area contributed by atoms with E-state index in [1.54, 1.807) is 50.7 Å². The maximum Gasteiger partial charge on any atom is 0.333 e. The van der Waals surface area contributed by atoms with Gasteiger partial charge in [-0.1, -0.05) is 40.7 Å². The second-order valence-corrected chi connectivity index (χ2v) is 10.8. The zero-order chi connectivity index (χ0) is 25.3. The molecule has 0 aromatic heterocycles. The van der Waals surface area contributed by atoms with Crippen LogP contribution in [0.3, 0.4) is 0 Å². The van der Waals surface area contributed by atoms with Gasteiger partial charge in [0.25, 0.3) is 0 Å². The minimum Gasteiger partial charge on any atom is -0.463 e. The molecule has 0 aromatic rings. The number of carbonyl (C=O) groups is 3. The Morgan fingerprint density at radius 2 is 1.72 bits per heavy atom. The molecule has 0 aliphatic heterocycles. The molecule has 0 bridgehead atoms. The van der Waals surface area contributed by atoms with E-state index in [0.717, 1.165) is 5.75 Å². The number of carbonyl (C=O) groups excluding carboxylic acids is 3. The summed E-state index contributed by atoms with van der Waals surface area (Å²) in [4.78, 5) is 40.6. The number of nitrogens with one attached hydrogen (secondary N) is 2. The van der Waals surface area contributed by atoms with Crippen molar-refractivity contribution >= 4 is 29.5 Å². The third-order valence-corrected chi connectivity index (χ3v) is 6.36. The lowest BCUT2D eigenvalue weighted by Gasteiger charge is -2.39. The highest BCUT2D eigenvalue weighted by Gasteiger charge is 2.40. The highest BCUT2D eigenvalue weighted by Crippen LogP contribution is 2.25. The van der Waals surface area contributed by atoms with E-state index in [1.807, 2.05) is 47.8 Å². The standard InChI is InChI=1S/C24H45N3O4S/c1-12-31-21(29)17(4)15-18(16(2)3)27(10)20(28)19(23(5,6)7)26-22(30)24(8,25-9)13-14-32-11/h15-16,18-19,25H,12-14H2,1-11H3,(H,26,30)/b17-15+/t18-,19-,24?/m1/s1. The van der Waals surface area contributed by atoms with Crippen LogP contribution in [0.5, 0.6) is 0 Å². The minimum absolute atomic E-state index is 0.0637. The molecule has 0 saturated heterocycles. The molecule has 32 heavy (non-hydrogen) atoms. The Kier molecular flexibility index (Phi) is 12.6. The first-order chi connectivity index (χ1) is 14.7. The van der Waals surface area contributed by atoms with E-state index < -0.39 is 23.0 Å². The molecular formula is C24H45N3O4S. The third kappa shape index (κ3) is 8.77. The molecule has 0 spiro atoms. The van der Waals surface area contributed by atoms with Crippen molar-refractivity contribution in [3.05, 3.63) is 11.6 Å². The summed E-state index contributed by atoms with van der Waals surface area (Å²) in [6.07, 6.45) is 4.42. The van der Waals surface area contributed by atoms with Gasteiger partial charge < -0.3 is 20.3 Å². The predicted octanol–water partition coefficient (Wildman–Crippen LogP) is 3.24. The van der Waals surface area contributed by atoms with E-state index in [0.29, 0.717) is 18.6 Å². The number of ether oxygens (including phenoxy) is 1. The molecule has 0 rings (SSSR count). The van der Waals surface area contributed by atoms with Gasteiger partial charge in [-0.25, -0.2) is 4.79 Å². The number of hydrogen-bond donors (Lipinski definition) is 2. The lowest BCUT2D eigenvalue weighted by molar-refractivity contribution is -0.141. The minimum atomic E-state index is -0.775. The molecule has 0 saturated carbocycles. The van der Waals surface area contributed by atoms with Gasteiger partial charge in [0.15, 0.2) is 0 Å². The molecule has 7 nitrogen and oxygen atoms in total. The summed E-state index contributed by atoms with van der Waals surface area (Å²) < 4.78 is 5.08. The normalized spacial score (nSPS) is 16.2. The summed E-state index contributed by atoms with van der Waals surface area (Å²) in [6.45, 7) is 15.4. The van der Waals surface area contributed by atoms with E-state index in [1.165, 1.54) is 0 Å². The molecule has 1 unspecified atom stereocenters. The molecule has 8 heteroatoms. The Morgan fingerprint density at radius 3 is 2.12 bits per heavy atom. The van der Waals surface area contributed by atoms with E-state index >= 15 is 0 Å². The van der Waals surface area contributed by atoms with Gasteiger partial charge in [-0.2, -0.15) is 11.8 Å². The van der Waals surface area contributed by atoms with Crippen molar-refractivity contribution < 1.29 is 19.1 Å². The van der Waals surface area contributed by atoms with Crippen molar-refractivity contribution in [2.75, 3.05) is 32.7 Å². The molecule has 0 fully saturated rings. The molecule has 2 N–H and O–H groups in total. The number of rotatable bonds is 12. The van der Waals surface area contributed by atoms with Gasteiger partial charge in [-0.15, -0.1) is 0 Å². The Hall–Kier alpha value is -1.54. The quantitative estimate of drug-likeness (QED) is 0.336. The van der Waals surface area contributed by atoms with Crippen molar-refractivity contribution in [3.63, 3.8) is 0 Å². The van der Waals surface area contributed by atoms with Crippen LogP contribution >= 0.6 is 11.8 Å². The predicted molar refractivity (Wildman–Crippen MR) is 134 cm³/mol. The molecule has 0 radical (unpaired) electrons. The summed E-state index contributed by atoms with van der Waals surface area (Å²) in [5, 5.41) is 6.13. The van der Waals surface area contributed by atoms with Gasteiger partial charge >= 0.3 is 5.97 Å². The summed E-state index contributed by atoms with van der Waals surface area (Å²) in [6, 6.07) is -1.04. The average Bonchev–Trinajstić information content (AvgIpc) is 2.71. The second kappa shape index (κ2) is 13.2. The fourth-order valence-electron chi connectivity index (χ4n) is 3.27. The maximum atomic E-state index is 13.6. The van der Waals surface area contributed by atoms with Crippen molar-refractivity contribution in [1.29, 1.82) is 0 Å². The van der Waals surface area contributed by atoms with Crippen LogP contribution in [-0.4, -0.2) is 73.0 Å². The lowest BCUT2D eigenvalue weighted by atomic mass is 9.84. The van der Waals surface area contributed by atoms with E-state index in [9.17, 15) is 14.4 Å². The van der Waals surface area contributed by atoms with Crippen molar-refractivity contribution in [3.8, 4) is 0 Å². The smallest absolute Gasteiger partial charge is 0.333 e. The van der Waals surface area contributed by atoms with Crippen LogP contribution in [-0.2, 0) is 19.1 Å². The molecule has 0 aromatic carbocycles. The molecule has 0 aliphatic carbocycles. The Morgan fingerprint density at radius 1 is 1.16 bits per heavy atom. The zero-order valence-corrected chi connectivity index (χ0v) is 22.7. The lowest BCUT2D eigenvalue weighted by Crippen LogP contribution is -2.62. The van der Waals surface area contributed by atoms with Crippen LogP contribution in [0.1, 0.15) is 61.8 Å². The monoisotopic (exact) mass is 471 g/mol. The third-order valence-electron chi connectivity index (χ3n) is 5.74. The van der Waals surface area contributed by atoms with Crippen molar-refractivity contribution in [2.45, 2.75) is 79.4 Å². The van der Waals surface area contributed by atoms with Gasteiger partial charge in [-0.05, 0) is 57.6 Å². The van der Waals surface area contributed by atoms with E-state index in [2.05, 4.69) is 10.6 Å². The number of nitrogens with zero attached hydrogens (tertiary/aromatic N) is 1. The topological polar surface area (TPSA) is 87.7 Å².